The molecular weight excluding hydrogens is 407 g/mol. The van der Waals surface area contributed by atoms with Gasteiger partial charge < -0.3 is 14.6 Å². The zero-order valence-corrected chi connectivity index (χ0v) is 18.9. The van der Waals surface area contributed by atoms with E-state index in [1.54, 1.807) is 19.1 Å². The Bertz CT molecular complexity index is 1300. The van der Waals surface area contributed by atoms with Crippen molar-refractivity contribution in [1.29, 1.82) is 0 Å². The first-order chi connectivity index (χ1) is 15.4. The Morgan fingerprint density at radius 1 is 1.22 bits per heavy atom. The molecule has 32 heavy (non-hydrogen) atoms. The molecule has 166 valence electrons. The molecule has 1 amide bonds. The molecule has 0 saturated carbocycles. The molecule has 1 aliphatic heterocycles. The van der Waals surface area contributed by atoms with Crippen LogP contribution in [-0.4, -0.2) is 34.4 Å². The molecule has 0 spiro atoms. The third kappa shape index (κ3) is 3.81. The summed E-state index contributed by atoms with van der Waals surface area (Å²) in [5.41, 5.74) is 2.53. The van der Waals surface area contributed by atoms with Crippen molar-refractivity contribution in [1.82, 2.24) is 9.88 Å². The molecule has 0 aliphatic carbocycles. The van der Waals surface area contributed by atoms with Crippen molar-refractivity contribution < 1.29 is 20.1 Å². The number of ether oxygens (including phenoxy) is 1. The van der Waals surface area contributed by atoms with E-state index in [0.717, 1.165) is 16.5 Å². The second kappa shape index (κ2) is 7.93. The van der Waals surface area contributed by atoms with E-state index in [1.165, 1.54) is 31.0 Å². The Labute approximate surface area is 188 Å². The average molecular weight is 436 g/mol. The number of esters is 1. The van der Waals surface area contributed by atoms with Gasteiger partial charge in [-0.3, -0.25) is 4.79 Å². The van der Waals surface area contributed by atoms with Crippen LogP contribution in [0.2, 0.25) is 0 Å². The summed E-state index contributed by atoms with van der Waals surface area (Å²) in [6, 6.07) is 12.1. The maximum atomic E-state index is 14.2. The molecular formula is C26H27FN2O3. The highest BCUT2D eigenvalue weighted by atomic mass is 19.1. The van der Waals surface area contributed by atoms with E-state index in [4.69, 9.17) is 6.11 Å². The first-order valence-electron chi connectivity index (χ1n) is 11.0. The third-order valence-electron chi connectivity index (χ3n) is 5.70. The highest BCUT2D eigenvalue weighted by Crippen LogP contribution is 2.40. The van der Waals surface area contributed by atoms with Crippen LogP contribution in [0.25, 0.3) is 16.5 Å². The summed E-state index contributed by atoms with van der Waals surface area (Å²) in [5, 5.41) is 0.942. The predicted molar refractivity (Wildman–Crippen MR) is 123 cm³/mol. The summed E-state index contributed by atoms with van der Waals surface area (Å²) in [5.74, 6) is -1.61. The molecule has 0 atom stereocenters. The van der Waals surface area contributed by atoms with Crippen molar-refractivity contribution in [3.63, 3.8) is 0 Å². The molecule has 0 saturated heterocycles. The molecule has 1 N–H and O–H groups in total. The van der Waals surface area contributed by atoms with Gasteiger partial charge in [0.25, 0.3) is 5.91 Å². The van der Waals surface area contributed by atoms with Crippen molar-refractivity contribution in [3.05, 3.63) is 76.9 Å². The lowest BCUT2D eigenvalue weighted by atomic mass is 9.81. The number of H-pyrrole nitrogens is 1. The molecule has 0 radical (unpaired) electrons. The summed E-state index contributed by atoms with van der Waals surface area (Å²) < 4.78 is 27.6. The number of benzene rings is 2. The number of aromatic nitrogens is 1. The normalized spacial score (nSPS) is 16.1. The van der Waals surface area contributed by atoms with E-state index in [0.29, 0.717) is 11.3 Å². The first-order valence-corrected chi connectivity index (χ1v) is 10.5. The minimum atomic E-state index is -1.46. The number of hydrogen-bond acceptors (Lipinski definition) is 3. The van der Waals surface area contributed by atoms with E-state index in [2.05, 4.69) is 4.98 Å². The van der Waals surface area contributed by atoms with Crippen LogP contribution in [0.5, 0.6) is 0 Å². The second-order valence-electron chi connectivity index (χ2n) is 9.04. The van der Waals surface area contributed by atoms with Crippen molar-refractivity contribution in [2.24, 2.45) is 0 Å². The van der Waals surface area contributed by atoms with E-state index in [-0.39, 0.29) is 17.7 Å². The van der Waals surface area contributed by atoms with Crippen molar-refractivity contribution >= 4 is 28.4 Å². The molecule has 3 aromatic rings. The van der Waals surface area contributed by atoms with Gasteiger partial charge >= 0.3 is 5.97 Å². The van der Waals surface area contributed by atoms with E-state index in [1.807, 2.05) is 38.1 Å². The molecule has 5 nitrogen and oxygen atoms in total. The monoisotopic (exact) mass is 435 g/mol. The Kier molecular flexibility index (Phi) is 5.08. The standard InChI is InChI=1S/C26H27FN2O3/c1-15(2)32-25(31)19-13-29(24(30)17-11-10-16(3)20(27)12-17)14-26(4,5)22-18-8-6-7-9-21(18)28-23(19)22/h6-13,15,28H,14H2,1-5H3/i15D. The maximum absolute atomic E-state index is 14.2. The minimum Gasteiger partial charge on any atom is -0.459 e. The number of halogens is 1. The number of hydrogen-bond donors (Lipinski definition) is 1. The zero-order chi connectivity index (χ0) is 24.1. The fraction of sp³-hybridized carbons (Fsp3) is 0.308. The topological polar surface area (TPSA) is 62.4 Å². The van der Waals surface area contributed by atoms with Crippen LogP contribution < -0.4 is 0 Å². The van der Waals surface area contributed by atoms with Gasteiger partial charge in [0, 0.05) is 34.6 Å². The molecule has 6 heteroatoms. The molecule has 4 rings (SSSR count). The van der Waals surface area contributed by atoms with Crippen LogP contribution in [0.15, 0.2) is 48.7 Å². The van der Waals surface area contributed by atoms with Crippen molar-refractivity contribution in [2.45, 2.75) is 46.1 Å². The molecule has 1 aliphatic rings. The Morgan fingerprint density at radius 2 is 1.94 bits per heavy atom. The van der Waals surface area contributed by atoms with Crippen molar-refractivity contribution in [2.75, 3.05) is 6.54 Å². The molecule has 1 aromatic heterocycles. The van der Waals surface area contributed by atoms with E-state index >= 15 is 0 Å². The number of fused-ring (bicyclic) bond motifs is 3. The van der Waals surface area contributed by atoms with Gasteiger partial charge in [-0.25, -0.2) is 9.18 Å². The van der Waals surface area contributed by atoms with Gasteiger partial charge in [0.2, 0.25) is 0 Å². The van der Waals surface area contributed by atoms with Gasteiger partial charge in [0.05, 0.1) is 18.7 Å². The average Bonchev–Trinajstić information content (AvgIpc) is 3.06. The zero-order valence-electron chi connectivity index (χ0n) is 19.9. The fourth-order valence-electron chi connectivity index (χ4n) is 4.24. The number of carbonyl (C=O) groups excluding carboxylic acids is 2. The summed E-state index contributed by atoms with van der Waals surface area (Å²) in [4.78, 5) is 31.3. The van der Waals surface area contributed by atoms with Gasteiger partial charge in [-0.15, -0.1) is 0 Å². The number of carbonyl (C=O) groups is 2. The lowest BCUT2D eigenvalue weighted by molar-refractivity contribution is -0.140. The van der Waals surface area contributed by atoms with Crippen LogP contribution >= 0.6 is 0 Å². The number of nitrogens with zero attached hydrogens (tertiary/aromatic N) is 1. The minimum absolute atomic E-state index is 0.146. The second-order valence-corrected chi connectivity index (χ2v) is 9.04. The third-order valence-corrected chi connectivity index (χ3v) is 5.70. The molecule has 2 aromatic carbocycles. The Balaban J connectivity index is 1.90. The summed E-state index contributed by atoms with van der Waals surface area (Å²) in [7, 11) is 0. The maximum Gasteiger partial charge on any atom is 0.342 e. The number of para-hydroxylation sites is 1. The summed E-state index contributed by atoms with van der Waals surface area (Å²) >= 11 is 0. The highest BCUT2D eigenvalue weighted by molar-refractivity contribution is 6.18. The van der Waals surface area contributed by atoms with Crippen LogP contribution in [0.3, 0.4) is 0 Å². The van der Waals surface area contributed by atoms with Gasteiger partial charge in [0.15, 0.2) is 0 Å². The molecule has 0 fully saturated rings. The van der Waals surface area contributed by atoms with E-state index < -0.39 is 29.2 Å². The van der Waals surface area contributed by atoms with Crippen molar-refractivity contribution in [3.8, 4) is 0 Å². The van der Waals surface area contributed by atoms with Crippen LogP contribution in [-0.2, 0) is 14.9 Å². The Hall–Kier alpha value is -3.41. The highest BCUT2D eigenvalue weighted by Gasteiger charge is 2.37. The van der Waals surface area contributed by atoms with E-state index in [9.17, 15) is 14.0 Å². The number of aryl methyl sites for hydroxylation is 1. The largest absolute Gasteiger partial charge is 0.459 e. The fourth-order valence-corrected chi connectivity index (χ4v) is 4.24. The number of amides is 1. The lowest BCUT2D eigenvalue weighted by Gasteiger charge is -2.29. The van der Waals surface area contributed by atoms with Crippen LogP contribution in [0.1, 0.15) is 56.2 Å². The van der Waals surface area contributed by atoms with Gasteiger partial charge in [-0.05, 0) is 50.1 Å². The van der Waals surface area contributed by atoms with Gasteiger partial charge in [-0.2, -0.15) is 0 Å². The Morgan fingerprint density at radius 3 is 2.62 bits per heavy atom. The van der Waals surface area contributed by atoms with Gasteiger partial charge in [0.1, 0.15) is 5.82 Å². The quantitative estimate of drug-likeness (QED) is 0.565. The number of nitrogens with one attached hydrogen (secondary N) is 1. The summed E-state index contributed by atoms with van der Waals surface area (Å²) in [6.07, 6.45) is -0.00200. The molecule has 0 bridgehead atoms. The smallest absolute Gasteiger partial charge is 0.342 e. The first kappa shape index (κ1) is 20.5. The lowest BCUT2D eigenvalue weighted by Crippen LogP contribution is -2.37. The molecule has 0 unspecified atom stereocenters. The molecule has 2 heterocycles. The number of rotatable bonds is 3. The van der Waals surface area contributed by atoms with Crippen LogP contribution in [0, 0.1) is 12.7 Å². The summed E-state index contributed by atoms with van der Waals surface area (Å²) in [6.45, 7) is 8.83. The SMILES string of the molecule is [2H]C(C)(C)OC(=O)C1=CN(C(=O)c2ccc(C)c(F)c2)CC(C)(C)c2c1[nH]c1ccccc21. The van der Waals surface area contributed by atoms with Gasteiger partial charge in [-0.1, -0.05) is 38.1 Å². The van der Waals surface area contributed by atoms with Crippen LogP contribution in [0.4, 0.5) is 4.39 Å². The predicted octanol–water partition coefficient (Wildman–Crippen LogP) is 5.34. The number of aromatic amines is 1.